The molecule has 0 N–H and O–H groups in total. The van der Waals surface area contributed by atoms with Crippen LogP contribution in [0, 0.1) is 0 Å². The molecule has 0 amide bonds. The van der Waals surface area contributed by atoms with Gasteiger partial charge in [-0.25, -0.2) is 0 Å². The van der Waals surface area contributed by atoms with E-state index in [9.17, 15) is 4.79 Å². The Morgan fingerprint density at radius 1 is 0.516 bits per heavy atom. The summed E-state index contributed by atoms with van der Waals surface area (Å²) in [7, 11) is 0. The molecule has 0 aromatic heterocycles. The first-order valence-electron chi connectivity index (χ1n) is 10.8. The predicted octanol–water partition coefficient (Wildman–Crippen LogP) is 7.62. The third kappa shape index (κ3) is 1.85. The molecule has 7 aromatic rings. The molecule has 142 valence electrons. The number of allylic oxidation sites excluding steroid dienone is 1. The average Bonchev–Trinajstić information content (AvgIpc) is 2.80. The van der Waals surface area contributed by atoms with Crippen molar-refractivity contribution in [2.24, 2.45) is 0 Å². The van der Waals surface area contributed by atoms with Crippen LogP contribution in [0.5, 0.6) is 0 Å². The number of carbonyl (C=O) groups is 1. The fourth-order valence-electron chi connectivity index (χ4n) is 5.99. The SMILES string of the molecule is O=C1C=Cc2c(cc3ccc4cc5c6ccccc6cc6ccc7cc2c3c4c7c65)C1. The number of benzene rings is 7. The van der Waals surface area contributed by atoms with Crippen molar-refractivity contribution in [2.45, 2.75) is 6.42 Å². The quantitative estimate of drug-likeness (QED) is 0.192. The number of rotatable bonds is 0. The number of hydrogen-bond acceptors (Lipinski definition) is 1. The zero-order chi connectivity index (χ0) is 20.3. The van der Waals surface area contributed by atoms with Crippen LogP contribution in [0.2, 0.25) is 0 Å². The van der Waals surface area contributed by atoms with E-state index in [1.807, 2.05) is 6.08 Å². The van der Waals surface area contributed by atoms with Crippen molar-refractivity contribution < 1.29 is 4.79 Å². The molecule has 8 rings (SSSR count). The Labute approximate surface area is 177 Å². The molecule has 0 saturated carbocycles. The molecule has 0 spiro atoms. The summed E-state index contributed by atoms with van der Waals surface area (Å²) in [5, 5.41) is 15.7. The molecule has 0 saturated heterocycles. The second-order valence-electron chi connectivity index (χ2n) is 8.90. The minimum Gasteiger partial charge on any atom is -0.294 e. The number of ketones is 1. The Hall–Kier alpha value is -3.97. The maximum absolute atomic E-state index is 12.1. The Bertz CT molecular complexity index is 1920. The smallest absolute Gasteiger partial charge is 0.160 e. The van der Waals surface area contributed by atoms with Crippen LogP contribution in [0.1, 0.15) is 11.1 Å². The lowest BCUT2D eigenvalue weighted by Gasteiger charge is -2.21. The summed E-state index contributed by atoms with van der Waals surface area (Å²) < 4.78 is 0. The van der Waals surface area contributed by atoms with E-state index < -0.39 is 0 Å². The van der Waals surface area contributed by atoms with Gasteiger partial charge in [-0.1, -0.05) is 60.7 Å². The Morgan fingerprint density at radius 2 is 1.16 bits per heavy atom. The number of fused-ring (bicyclic) bond motifs is 4. The van der Waals surface area contributed by atoms with E-state index >= 15 is 0 Å². The lowest BCUT2D eigenvalue weighted by atomic mass is 9.82. The molecule has 1 aliphatic carbocycles. The average molecular weight is 392 g/mol. The van der Waals surface area contributed by atoms with Gasteiger partial charge in [-0.15, -0.1) is 0 Å². The standard InChI is InChI=1S/C30H16O/c31-22-9-10-24-21(13-22)12-18-6-8-19-14-25-23-4-2-1-3-16(23)11-17-5-7-20-15-26(24)28(18)30(19)29(20)27(17)25/h1-12,14-15H,13H2. The van der Waals surface area contributed by atoms with Crippen LogP contribution in [-0.4, -0.2) is 5.78 Å². The van der Waals surface area contributed by atoms with Gasteiger partial charge in [0, 0.05) is 6.42 Å². The Morgan fingerprint density at radius 3 is 1.97 bits per heavy atom. The predicted molar refractivity (Wildman–Crippen MR) is 132 cm³/mol. The van der Waals surface area contributed by atoms with Crippen LogP contribution < -0.4 is 0 Å². The minimum absolute atomic E-state index is 0.184. The molecule has 0 bridgehead atoms. The minimum atomic E-state index is 0.184. The molecule has 7 aromatic carbocycles. The summed E-state index contributed by atoms with van der Waals surface area (Å²) in [6, 6.07) is 27.0. The van der Waals surface area contributed by atoms with Crippen LogP contribution in [0.4, 0.5) is 0 Å². The van der Waals surface area contributed by atoms with Crippen LogP contribution >= 0.6 is 0 Å². The number of carbonyl (C=O) groups excluding carboxylic acids is 1. The van der Waals surface area contributed by atoms with E-state index in [0.29, 0.717) is 6.42 Å². The van der Waals surface area contributed by atoms with Gasteiger partial charge in [-0.2, -0.15) is 0 Å². The van der Waals surface area contributed by atoms with E-state index in [1.165, 1.54) is 70.2 Å². The van der Waals surface area contributed by atoms with Gasteiger partial charge in [0.15, 0.2) is 5.78 Å². The first-order chi connectivity index (χ1) is 15.3. The molecule has 31 heavy (non-hydrogen) atoms. The van der Waals surface area contributed by atoms with Gasteiger partial charge < -0.3 is 0 Å². The van der Waals surface area contributed by atoms with Crippen LogP contribution in [-0.2, 0) is 11.2 Å². The van der Waals surface area contributed by atoms with Crippen molar-refractivity contribution in [1.29, 1.82) is 0 Å². The Kier molecular flexibility index (Phi) is 2.65. The molecular formula is C30H16O. The van der Waals surface area contributed by atoms with Crippen molar-refractivity contribution in [2.75, 3.05) is 0 Å². The highest BCUT2D eigenvalue weighted by molar-refractivity contribution is 6.39. The molecule has 0 radical (unpaired) electrons. The summed E-state index contributed by atoms with van der Waals surface area (Å²) in [6.45, 7) is 0. The van der Waals surface area contributed by atoms with E-state index in [0.717, 1.165) is 5.56 Å². The third-order valence-electron chi connectivity index (χ3n) is 7.26. The van der Waals surface area contributed by atoms with E-state index in [-0.39, 0.29) is 5.78 Å². The summed E-state index contributed by atoms with van der Waals surface area (Å²) >= 11 is 0. The molecule has 0 fully saturated rings. The number of hydrogen-bond donors (Lipinski definition) is 0. The topological polar surface area (TPSA) is 17.1 Å². The van der Waals surface area contributed by atoms with Gasteiger partial charge in [0.1, 0.15) is 0 Å². The highest BCUT2D eigenvalue weighted by Crippen LogP contribution is 2.46. The first kappa shape index (κ1) is 15.8. The summed E-state index contributed by atoms with van der Waals surface area (Å²) in [6.07, 6.45) is 4.25. The summed E-state index contributed by atoms with van der Waals surface area (Å²) in [4.78, 5) is 12.1. The van der Waals surface area contributed by atoms with Crippen molar-refractivity contribution in [3.63, 3.8) is 0 Å². The molecule has 1 nitrogen and oxygen atoms in total. The fourth-order valence-corrected chi connectivity index (χ4v) is 5.99. The van der Waals surface area contributed by atoms with Gasteiger partial charge in [0.25, 0.3) is 0 Å². The van der Waals surface area contributed by atoms with Gasteiger partial charge in [-0.3, -0.25) is 4.79 Å². The molecule has 0 atom stereocenters. The normalized spacial score (nSPS) is 14.3. The fraction of sp³-hybridized carbons (Fsp3) is 0.0333. The molecule has 0 heterocycles. The summed E-state index contributed by atoms with van der Waals surface area (Å²) in [5.74, 6) is 0.184. The van der Waals surface area contributed by atoms with Crippen molar-refractivity contribution >= 4 is 76.5 Å². The van der Waals surface area contributed by atoms with Gasteiger partial charge in [0.05, 0.1) is 0 Å². The van der Waals surface area contributed by atoms with Gasteiger partial charge in [0.2, 0.25) is 0 Å². The lowest BCUT2D eigenvalue weighted by Crippen LogP contribution is -2.06. The molecule has 1 aliphatic rings. The van der Waals surface area contributed by atoms with E-state index in [1.54, 1.807) is 6.08 Å². The van der Waals surface area contributed by atoms with Crippen molar-refractivity contribution in [3.8, 4) is 0 Å². The van der Waals surface area contributed by atoms with Gasteiger partial charge in [-0.05, 0) is 100 Å². The first-order valence-corrected chi connectivity index (χ1v) is 10.8. The molecule has 1 heteroatoms. The Balaban J connectivity index is 1.71. The highest BCUT2D eigenvalue weighted by atomic mass is 16.1. The maximum atomic E-state index is 12.1. The second-order valence-corrected chi connectivity index (χ2v) is 8.90. The highest BCUT2D eigenvalue weighted by Gasteiger charge is 2.21. The third-order valence-corrected chi connectivity index (χ3v) is 7.26. The van der Waals surface area contributed by atoms with E-state index in [4.69, 9.17) is 0 Å². The van der Waals surface area contributed by atoms with Crippen molar-refractivity contribution in [1.82, 2.24) is 0 Å². The monoisotopic (exact) mass is 392 g/mol. The second kappa shape index (κ2) is 5.19. The zero-order valence-corrected chi connectivity index (χ0v) is 16.7. The maximum Gasteiger partial charge on any atom is 0.160 e. The lowest BCUT2D eigenvalue weighted by molar-refractivity contribution is -0.114. The zero-order valence-electron chi connectivity index (χ0n) is 16.7. The van der Waals surface area contributed by atoms with Crippen LogP contribution in [0.25, 0.3) is 70.7 Å². The molecule has 0 unspecified atom stereocenters. The van der Waals surface area contributed by atoms with E-state index in [2.05, 4.69) is 72.8 Å². The van der Waals surface area contributed by atoms with Gasteiger partial charge >= 0.3 is 0 Å². The van der Waals surface area contributed by atoms with Crippen LogP contribution in [0.3, 0.4) is 0 Å². The van der Waals surface area contributed by atoms with Crippen molar-refractivity contribution in [3.05, 3.63) is 90.0 Å². The summed E-state index contributed by atoms with van der Waals surface area (Å²) in [5.41, 5.74) is 2.34. The molecule has 0 aliphatic heterocycles. The van der Waals surface area contributed by atoms with Crippen LogP contribution in [0.15, 0.2) is 78.9 Å². The largest absolute Gasteiger partial charge is 0.294 e. The molecular weight excluding hydrogens is 376 g/mol.